The summed E-state index contributed by atoms with van der Waals surface area (Å²) in [5, 5.41) is 3.85. The molecule has 1 unspecified atom stereocenters. The fourth-order valence-electron chi connectivity index (χ4n) is 4.65. The van der Waals surface area contributed by atoms with E-state index in [0.29, 0.717) is 11.8 Å². The van der Waals surface area contributed by atoms with Gasteiger partial charge in [-0.3, -0.25) is 0 Å². The van der Waals surface area contributed by atoms with Crippen LogP contribution < -0.4 is 0 Å². The standard InChI is InChI=1S/C24H33NO/c1-9-17(12-18-10-11-25-26-18)20-14-22-21(13-19(20)15(2)3)23(5,6)16(4)24(22,7)8/h10-16H,9H2,1-8H3/b17-12+. The fraction of sp³-hybridized carbons (Fsp3) is 0.542. The van der Waals surface area contributed by atoms with Crippen LogP contribution in [0.4, 0.5) is 0 Å². The molecule has 0 fully saturated rings. The van der Waals surface area contributed by atoms with E-state index in [-0.39, 0.29) is 10.8 Å². The van der Waals surface area contributed by atoms with Crippen LogP contribution in [0.1, 0.15) is 95.7 Å². The van der Waals surface area contributed by atoms with Gasteiger partial charge in [0.25, 0.3) is 0 Å². The second-order valence-corrected chi connectivity index (χ2v) is 9.24. The van der Waals surface area contributed by atoms with Crippen LogP contribution >= 0.6 is 0 Å². The number of allylic oxidation sites excluding steroid dienone is 1. The van der Waals surface area contributed by atoms with Crippen molar-refractivity contribution in [2.45, 2.75) is 78.6 Å². The van der Waals surface area contributed by atoms with Crippen molar-refractivity contribution >= 4 is 11.6 Å². The summed E-state index contributed by atoms with van der Waals surface area (Å²) in [6.45, 7) is 18.8. The zero-order valence-corrected chi connectivity index (χ0v) is 17.6. The summed E-state index contributed by atoms with van der Waals surface area (Å²) >= 11 is 0. The van der Waals surface area contributed by atoms with Crippen molar-refractivity contribution < 1.29 is 4.52 Å². The Kier molecular flexibility index (Phi) is 4.67. The van der Waals surface area contributed by atoms with Gasteiger partial charge in [0, 0.05) is 6.07 Å². The van der Waals surface area contributed by atoms with E-state index < -0.39 is 0 Å². The van der Waals surface area contributed by atoms with Crippen molar-refractivity contribution in [2.24, 2.45) is 5.92 Å². The van der Waals surface area contributed by atoms with Gasteiger partial charge in [-0.15, -0.1) is 0 Å². The summed E-state index contributed by atoms with van der Waals surface area (Å²) in [7, 11) is 0. The van der Waals surface area contributed by atoms with E-state index >= 15 is 0 Å². The molecule has 3 rings (SSSR count). The highest BCUT2D eigenvalue weighted by Crippen LogP contribution is 2.55. The normalized spacial score (nSPS) is 21.3. The molecule has 1 heterocycles. The molecule has 0 radical (unpaired) electrons. The van der Waals surface area contributed by atoms with E-state index in [2.05, 4.69) is 78.8 Å². The van der Waals surface area contributed by atoms with Gasteiger partial charge in [-0.1, -0.05) is 72.7 Å². The topological polar surface area (TPSA) is 26.0 Å². The predicted octanol–water partition coefficient (Wildman–Crippen LogP) is 6.95. The molecule has 0 saturated carbocycles. The molecule has 1 aromatic heterocycles. The Balaban J connectivity index is 2.26. The average Bonchev–Trinajstić information content (AvgIpc) is 3.14. The zero-order valence-electron chi connectivity index (χ0n) is 17.6. The largest absolute Gasteiger partial charge is 0.357 e. The molecule has 1 aliphatic rings. The van der Waals surface area contributed by atoms with Crippen LogP contribution in [0.5, 0.6) is 0 Å². The number of fused-ring (bicyclic) bond motifs is 1. The van der Waals surface area contributed by atoms with Gasteiger partial charge in [0.05, 0.1) is 6.20 Å². The summed E-state index contributed by atoms with van der Waals surface area (Å²) in [5.41, 5.74) is 7.53. The molecule has 0 amide bonds. The van der Waals surface area contributed by atoms with Crippen LogP contribution in [0.3, 0.4) is 0 Å². The lowest BCUT2D eigenvalue weighted by molar-refractivity contribution is 0.264. The summed E-state index contributed by atoms with van der Waals surface area (Å²) in [6.07, 6.45) is 4.83. The van der Waals surface area contributed by atoms with Gasteiger partial charge in [-0.2, -0.15) is 0 Å². The summed E-state index contributed by atoms with van der Waals surface area (Å²) in [5.74, 6) is 1.91. The van der Waals surface area contributed by atoms with E-state index in [1.54, 1.807) is 6.20 Å². The lowest BCUT2D eigenvalue weighted by Crippen LogP contribution is -2.30. The molecule has 1 aromatic carbocycles. The molecule has 0 bridgehead atoms. The molecule has 1 aliphatic carbocycles. The van der Waals surface area contributed by atoms with Crippen molar-refractivity contribution in [2.75, 3.05) is 0 Å². The molecule has 0 aliphatic heterocycles. The van der Waals surface area contributed by atoms with E-state index in [4.69, 9.17) is 4.52 Å². The van der Waals surface area contributed by atoms with Crippen LogP contribution in [0.25, 0.3) is 11.6 Å². The molecule has 2 heteroatoms. The maximum absolute atomic E-state index is 5.34. The molecular formula is C24H33NO. The van der Waals surface area contributed by atoms with Crippen molar-refractivity contribution in [3.8, 4) is 0 Å². The highest BCUT2D eigenvalue weighted by atomic mass is 16.5. The molecule has 2 aromatic rings. The van der Waals surface area contributed by atoms with E-state index in [0.717, 1.165) is 12.2 Å². The minimum absolute atomic E-state index is 0.175. The van der Waals surface area contributed by atoms with E-state index in [1.807, 2.05) is 6.07 Å². The Morgan fingerprint density at radius 3 is 2.27 bits per heavy atom. The third-order valence-electron chi connectivity index (χ3n) is 6.87. The smallest absolute Gasteiger partial charge is 0.159 e. The lowest BCUT2D eigenvalue weighted by Gasteiger charge is -2.32. The minimum atomic E-state index is 0.175. The Labute approximate surface area is 158 Å². The maximum Gasteiger partial charge on any atom is 0.159 e. The number of hydrogen-bond acceptors (Lipinski definition) is 2. The van der Waals surface area contributed by atoms with Gasteiger partial charge in [0.15, 0.2) is 5.76 Å². The number of benzene rings is 1. The Hall–Kier alpha value is -1.83. The number of aromatic nitrogens is 1. The van der Waals surface area contributed by atoms with Gasteiger partial charge < -0.3 is 4.52 Å². The second kappa shape index (κ2) is 6.40. The second-order valence-electron chi connectivity index (χ2n) is 9.24. The third kappa shape index (κ3) is 2.84. The first kappa shape index (κ1) is 18.9. The first-order chi connectivity index (χ1) is 12.1. The van der Waals surface area contributed by atoms with Gasteiger partial charge in [0.1, 0.15) is 0 Å². The molecule has 2 nitrogen and oxygen atoms in total. The molecule has 140 valence electrons. The summed E-state index contributed by atoms with van der Waals surface area (Å²) in [6, 6.07) is 6.89. The molecule has 0 N–H and O–H groups in total. The third-order valence-corrected chi connectivity index (χ3v) is 6.87. The summed E-state index contributed by atoms with van der Waals surface area (Å²) in [4.78, 5) is 0. The Morgan fingerprint density at radius 1 is 1.15 bits per heavy atom. The van der Waals surface area contributed by atoms with Crippen molar-refractivity contribution in [1.29, 1.82) is 0 Å². The molecular weight excluding hydrogens is 318 g/mol. The van der Waals surface area contributed by atoms with E-state index in [1.165, 1.54) is 27.8 Å². The zero-order chi connectivity index (χ0) is 19.3. The molecule has 0 spiro atoms. The number of rotatable bonds is 4. The SMILES string of the molecule is CC/C(=C\c1ccno1)c1cc2c(cc1C(C)C)C(C)(C)C(C)C2(C)C. The minimum Gasteiger partial charge on any atom is -0.357 e. The highest BCUT2D eigenvalue weighted by molar-refractivity contribution is 5.82. The quantitative estimate of drug-likeness (QED) is 0.595. The Bertz CT molecular complexity index is 822. The number of nitrogens with zero attached hydrogens (tertiary/aromatic N) is 1. The van der Waals surface area contributed by atoms with Gasteiger partial charge in [0.2, 0.25) is 0 Å². The highest BCUT2D eigenvalue weighted by Gasteiger charge is 2.48. The molecule has 26 heavy (non-hydrogen) atoms. The van der Waals surface area contributed by atoms with Crippen LogP contribution in [0.15, 0.2) is 28.9 Å². The van der Waals surface area contributed by atoms with E-state index in [9.17, 15) is 0 Å². The van der Waals surface area contributed by atoms with Gasteiger partial charge in [-0.05, 0) is 63.0 Å². The Morgan fingerprint density at radius 2 is 1.77 bits per heavy atom. The summed E-state index contributed by atoms with van der Waals surface area (Å²) < 4.78 is 5.34. The average molecular weight is 352 g/mol. The van der Waals surface area contributed by atoms with Crippen molar-refractivity contribution in [1.82, 2.24) is 5.16 Å². The first-order valence-electron chi connectivity index (χ1n) is 9.91. The first-order valence-corrected chi connectivity index (χ1v) is 9.91. The van der Waals surface area contributed by atoms with Crippen molar-refractivity contribution in [3.63, 3.8) is 0 Å². The molecule has 0 saturated heterocycles. The van der Waals surface area contributed by atoms with Crippen LogP contribution in [-0.2, 0) is 10.8 Å². The van der Waals surface area contributed by atoms with Crippen LogP contribution in [0, 0.1) is 5.92 Å². The van der Waals surface area contributed by atoms with Gasteiger partial charge in [-0.25, -0.2) is 0 Å². The fourth-order valence-corrected chi connectivity index (χ4v) is 4.65. The van der Waals surface area contributed by atoms with Crippen molar-refractivity contribution in [3.05, 3.63) is 52.4 Å². The monoisotopic (exact) mass is 351 g/mol. The molecule has 1 atom stereocenters. The lowest BCUT2D eigenvalue weighted by atomic mass is 9.71. The number of hydrogen-bond donors (Lipinski definition) is 0. The van der Waals surface area contributed by atoms with Gasteiger partial charge >= 0.3 is 0 Å². The predicted molar refractivity (Wildman–Crippen MR) is 110 cm³/mol. The van der Waals surface area contributed by atoms with Crippen LogP contribution in [0.2, 0.25) is 0 Å². The van der Waals surface area contributed by atoms with Crippen LogP contribution in [-0.4, -0.2) is 5.16 Å². The maximum atomic E-state index is 5.34.